The SMILES string of the molecule is C/C=C\C(=O)NCCCc1nc2ccccc2n1CC(=O)N(C)Cc1ccccc1. The molecule has 0 fully saturated rings. The molecule has 3 rings (SSSR count). The van der Waals surface area contributed by atoms with Crippen molar-refractivity contribution in [1.82, 2.24) is 19.8 Å². The molecule has 2 aromatic carbocycles. The van der Waals surface area contributed by atoms with E-state index in [4.69, 9.17) is 4.98 Å². The summed E-state index contributed by atoms with van der Waals surface area (Å²) in [5.74, 6) is 0.798. The maximum atomic E-state index is 12.9. The summed E-state index contributed by atoms with van der Waals surface area (Å²) >= 11 is 0. The van der Waals surface area contributed by atoms with Crippen LogP contribution in [0.3, 0.4) is 0 Å². The number of nitrogens with one attached hydrogen (secondary N) is 1. The first kappa shape index (κ1) is 21.3. The van der Waals surface area contributed by atoms with E-state index in [0.717, 1.165) is 28.8 Å². The molecule has 1 heterocycles. The number of aryl methyl sites for hydroxylation is 1. The number of carbonyl (C=O) groups is 2. The highest BCUT2D eigenvalue weighted by atomic mass is 16.2. The van der Waals surface area contributed by atoms with E-state index < -0.39 is 0 Å². The number of imidazole rings is 1. The molecule has 0 saturated carbocycles. The van der Waals surface area contributed by atoms with Gasteiger partial charge in [0.1, 0.15) is 12.4 Å². The number of hydrogen-bond donors (Lipinski definition) is 1. The van der Waals surface area contributed by atoms with Crippen LogP contribution in [0.15, 0.2) is 66.7 Å². The number of carbonyl (C=O) groups excluding carboxylic acids is 2. The highest BCUT2D eigenvalue weighted by Gasteiger charge is 2.16. The summed E-state index contributed by atoms with van der Waals surface area (Å²) in [6.07, 6.45) is 4.66. The minimum Gasteiger partial charge on any atom is -0.353 e. The molecule has 6 heteroatoms. The molecule has 0 aliphatic carbocycles. The quantitative estimate of drug-likeness (QED) is 0.439. The van der Waals surface area contributed by atoms with Crippen LogP contribution < -0.4 is 5.32 Å². The summed E-state index contributed by atoms with van der Waals surface area (Å²) in [4.78, 5) is 30.9. The average molecular weight is 405 g/mol. The third kappa shape index (κ3) is 5.56. The number of likely N-dealkylation sites (N-methyl/N-ethyl adjacent to an activating group) is 1. The number of nitrogens with zero attached hydrogens (tertiary/aromatic N) is 3. The van der Waals surface area contributed by atoms with Crippen molar-refractivity contribution in [2.45, 2.75) is 32.9 Å². The van der Waals surface area contributed by atoms with Crippen molar-refractivity contribution in [3.8, 4) is 0 Å². The molecule has 0 saturated heterocycles. The molecule has 1 aromatic heterocycles. The number of amides is 2. The number of para-hydroxylation sites is 2. The van der Waals surface area contributed by atoms with Gasteiger partial charge < -0.3 is 14.8 Å². The zero-order valence-electron chi connectivity index (χ0n) is 17.5. The Kier molecular flexibility index (Phi) is 7.38. The van der Waals surface area contributed by atoms with E-state index in [1.807, 2.05) is 73.1 Å². The van der Waals surface area contributed by atoms with Gasteiger partial charge in [-0.15, -0.1) is 0 Å². The largest absolute Gasteiger partial charge is 0.353 e. The fourth-order valence-electron chi connectivity index (χ4n) is 3.36. The van der Waals surface area contributed by atoms with Gasteiger partial charge in [-0.05, 0) is 37.1 Å². The van der Waals surface area contributed by atoms with Crippen LogP contribution in [0, 0.1) is 0 Å². The lowest BCUT2D eigenvalue weighted by Gasteiger charge is -2.19. The Morgan fingerprint density at radius 1 is 1.10 bits per heavy atom. The topological polar surface area (TPSA) is 67.2 Å². The Balaban J connectivity index is 1.69. The third-order valence-corrected chi connectivity index (χ3v) is 4.91. The van der Waals surface area contributed by atoms with E-state index in [1.54, 1.807) is 11.0 Å². The predicted octanol–water partition coefficient (Wildman–Crippen LogP) is 3.32. The van der Waals surface area contributed by atoms with Gasteiger partial charge in [-0.1, -0.05) is 48.5 Å². The van der Waals surface area contributed by atoms with Crippen LogP contribution in [-0.4, -0.2) is 39.9 Å². The van der Waals surface area contributed by atoms with Crippen molar-refractivity contribution in [3.05, 3.63) is 78.1 Å². The van der Waals surface area contributed by atoms with Crippen LogP contribution in [0.4, 0.5) is 0 Å². The second-order valence-electron chi connectivity index (χ2n) is 7.23. The molecule has 0 radical (unpaired) electrons. The van der Waals surface area contributed by atoms with Crippen LogP contribution >= 0.6 is 0 Å². The van der Waals surface area contributed by atoms with Gasteiger partial charge in [-0.2, -0.15) is 0 Å². The zero-order chi connectivity index (χ0) is 21.3. The summed E-state index contributed by atoms with van der Waals surface area (Å²) in [5.41, 5.74) is 2.93. The van der Waals surface area contributed by atoms with E-state index >= 15 is 0 Å². The maximum absolute atomic E-state index is 12.9. The second-order valence-corrected chi connectivity index (χ2v) is 7.23. The first-order valence-electron chi connectivity index (χ1n) is 10.2. The summed E-state index contributed by atoms with van der Waals surface area (Å²) in [6.45, 7) is 3.19. The highest BCUT2D eigenvalue weighted by molar-refractivity contribution is 5.87. The first-order chi connectivity index (χ1) is 14.6. The highest BCUT2D eigenvalue weighted by Crippen LogP contribution is 2.18. The van der Waals surface area contributed by atoms with Crippen LogP contribution in [0.5, 0.6) is 0 Å². The number of aromatic nitrogens is 2. The van der Waals surface area contributed by atoms with Crippen molar-refractivity contribution in [2.75, 3.05) is 13.6 Å². The third-order valence-electron chi connectivity index (χ3n) is 4.91. The molecule has 3 aromatic rings. The lowest BCUT2D eigenvalue weighted by atomic mass is 10.2. The summed E-state index contributed by atoms with van der Waals surface area (Å²) in [5, 5.41) is 2.86. The number of rotatable bonds is 9. The first-order valence-corrected chi connectivity index (χ1v) is 10.2. The Morgan fingerprint density at radius 2 is 1.83 bits per heavy atom. The van der Waals surface area contributed by atoms with Crippen molar-refractivity contribution in [2.24, 2.45) is 0 Å². The molecule has 0 atom stereocenters. The molecule has 0 bridgehead atoms. The van der Waals surface area contributed by atoms with Gasteiger partial charge in [0, 0.05) is 26.6 Å². The van der Waals surface area contributed by atoms with Gasteiger partial charge in [-0.3, -0.25) is 9.59 Å². The maximum Gasteiger partial charge on any atom is 0.243 e. The zero-order valence-corrected chi connectivity index (χ0v) is 17.5. The van der Waals surface area contributed by atoms with Crippen molar-refractivity contribution < 1.29 is 9.59 Å². The normalized spacial score (nSPS) is 11.1. The van der Waals surface area contributed by atoms with E-state index in [9.17, 15) is 9.59 Å². The Morgan fingerprint density at radius 3 is 2.60 bits per heavy atom. The molecule has 0 aliphatic rings. The molecule has 0 unspecified atom stereocenters. The smallest absolute Gasteiger partial charge is 0.243 e. The Hall–Kier alpha value is -3.41. The lowest BCUT2D eigenvalue weighted by Crippen LogP contribution is -2.30. The fraction of sp³-hybridized carbons (Fsp3) is 0.292. The minimum absolute atomic E-state index is 0.0321. The van der Waals surface area contributed by atoms with Gasteiger partial charge in [-0.25, -0.2) is 4.98 Å². The van der Waals surface area contributed by atoms with Crippen LogP contribution in [0.1, 0.15) is 24.7 Å². The van der Waals surface area contributed by atoms with Crippen molar-refractivity contribution in [3.63, 3.8) is 0 Å². The molecule has 156 valence electrons. The molecular formula is C24H28N4O2. The summed E-state index contributed by atoms with van der Waals surface area (Å²) in [7, 11) is 1.82. The van der Waals surface area contributed by atoms with E-state index in [2.05, 4.69) is 5.32 Å². The van der Waals surface area contributed by atoms with Crippen LogP contribution in [-0.2, 0) is 29.1 Å². The molecule has 30 heavy (non-hydrogen) atoms. The minimum atomic E-state index is -0.0938. The Labute approximate surface area is 177 Å². The van der Waals surface area contributed by atoms with Crippen LogP contribution in [0.25, 0.3) is 11.0 Å². The van der Waals surface area contributed by atoms with Gasteiger partial charge in [0.15, 0.2) is 0 Å². The lowest BCUT2D eigenvalue weighted by molar-refractivity contribution is -0.131. The summed E-state index contributed by atoms with van der Waals surface area (Å²) < 4.78 is 1.99. The van der Waals surface area contributed by atoms with Crippen molar-refractivity contribution >= 4 is 22.8 Å². The van der Waals surface area contributed by atoms with E-state index in [-0.39, 0.29) is 18.4 Å². The number of benzene rings is 2. The molecular weight excluding hydrogens is 376 g/mol. The standard InChI is InChI=1S/C24H28N4O2/c1-3-10-23(29)25-16-9-15-22-26-20-13-7-8-14-21(20)28(22)18-24(30)27(2)17-19-11-5-4-6-12-19/h3-8,10-14H,9,15-18H2,1-2H3,(H,25,29)/b10-3-. The number of fused-ring (bicyclic) bond motifs is 1. The Bertz CT molecular complexity index is 1020. The number of allylic oxidation sites excluding steroid dienone is 1. The summed E-state index contributed by atoms with van der Waals surface area (Å²) in [6, 6.07) is 17.8. The van der Waals surface area contributed by atoms with E-state index in [0.29, 0.717) is 19.5 Å². The second kappa shape index (κ2) is 10.4. The number of hydrogen-bond acceptors (Lipinski definition) is 3. The monoisotopic (exact) mass is 404 g/mol. The van der Waals surface area contributed by atoms with Gasteiger partial charge in [0.05, 0.1) is 11.0 Å². The van der Waals surface area contributed by atoms with Gasteiger partial charge >= 0.3 is 0 Å². The van der Waals surface area contributed by atoms with E-state index in [1.165, 1.54) is 6.08 Å². The van der Waals surface area contributed by atoms with Crippen LogP contribution in [0.2, 0.25) is 0 Å². The molecule has 0 aliphatic heterocycles. The molecule has 1 N–H and O–H groups in total. The van der Waals surface area contributed by atoms with Gasteiger partial charge in [0.25, 0.3) is 0 Å². The van der Waals surface area contributed by atoms with Crippen molar-refractivity contribution in [1.29, 1.82) is 0 Å². The molecule has 0 spiro atoms. The molecule has 2 amide bonds. The average Bonchev–Trinajstić information content (AvgIpc) is 3.09. The molecule has 6 nitrogen and oxygen atoms in total. The fourth-order valence-corrected chi connectivity index (χ4v) is 3.36. The van der Waals surface area contributed by atoms with Gasteiger partial charge in [0.2, 0.25) is 11.8 Å². The predicted molar refractivity (Wildman–Crippen MR) is 119 cm³/mol.